The van der Waals surface area contributed by atoms with E-state index in [1.54, 1.807) is 0 Å². The van der Waals surface area contributed by atoms with Gasteiger partial charge in [-0.2, -0.15) is 0 Å². The van der Waals surface area contributed by atoms with Crippen molar-refractivity contribution in [3.05, 3.63) is 0 Å². The second-order valence-corrected chi connectivity index (χ2v) is 5.44. The van der Waals surface area contributed by atoms with Crippen molar-refractivity contribution in [2.45, 2.75) is 19.4 Å². The van der Waals surface area contributed by atoms with Crippen LogP contribution in [-0.2, 0) is 4.74 Å². The number of rotatable bonds is 3. The summed E-state index contributed by atoms with van der Waals surface area (Å²) in [6.45, 7) is 11.2. The molecule has 1 N–H and O–H groups in total. The lowest BCUT2D eigenvalue weighted by Crippen LogP contribution is -2.50. The first-order valence-corrected chi connectivity index (χ1v) is 6.43. The van der Waals surface area contributed by atoms with Crippen LogP contribution < -0.4 is 5.32 Å². The van der Waals surface area contributed by atoms with Crippen LogP contribution in [0.25, 0.3) is 0 Å². The van der Waals surface area contributed by atoms with Crippen molar-refractivity contribution in [1.82, 2.24) is 15.1 Å². The molecule has 1 fully saturated rings. The zero-order valence-electron chi connectivity index (χ0n) is 11.2. The third-order valence-corrected chi connectivity index (χ3v) is 3.27. The predicted octanol–water partition coefficient (Wildman–Crippen LogP) is -0.0118. The molecule has 0 spiro atoms. The fourth-order valence-electron chi connectivity index (χ4n) is 2.35. The maximum atomic E-state index is 5.70. The molecule has 0 radical (unpaired) electrons. The fraction of sp³-hybridized carbons (Fsp3) is 0.917. The summed E-state index contributed by atoms with van der Waals surface area (Å²) in [5, 5.41) is 3.40. The van der Waals surface area contributed by atoms with Crippen LogP contribution >= 0.6 is 0 Å². The van der Waals surface area contributed by atoms with Crippen LogP contribution in [0.3, 0.4) is 0 Å². The molecule has 5 nitrogen and oxygen atoms in total. The van der Waals surface area contributed by atoms with E-state index >= 15 is 0 Å². The van der Waals surface area contributed by atoms with Crippen LogP contribution in [-0.4, -0.2) is 74.3 Å². The number of guanidine groups is 1. The van der Waals surface area contributed by atoms with Gasteiger partial charge < -0.3 is 15.0 Å². The molecule has 0 saturated carbocycles. The quantitative estimate of drug-likeness (QED) is 0.753. The van der Waals surface area contributed by atoms with Crippen molar-refractivity contribution in [2.75, 3.05) is 52.9 Å². The molecule has 2 aliphatic rings. The first-order valence-electron chi connectivity index (χ1n) is 6.43. The molecule has 0 atom stereocenters. The highest BCUT2D eigenvalue weighted by Gasteiger charge is 2.26. The molecule has 0 aromatic carbocycles. The van der Waals surface area contributed by atoms with Gasteiger partial charge in [-0.05, 0) is 13.8 Å². The van der Waals surface area contributed by atoms with Crippen molar-refractivity contribution < 1.29 is 4.74 Å². The maximum absolute atomic E-state index is 5.70. The fourth-order valence-corrected chi connectivity index (χ4v) is 2.35. The van der Waals surface area contributed by atoms with Crippen LogP contribution in [0.2, 0.25) is 0 Å². The van der Waals surface area contributed by atoms with Crippen molar-refractivity contribution in [3.63, 3.8) is 0 Å². The summed E-state index contributed by atoms with van der Waals surface area (Å²) >= 11 is 0. The molecule has 0 aromatic heterocycles. The second-order valence-electron chi connectivity index (χ2n) is 5.44. The summed E-state index contributed by atoms with van der Waals surface area (Å²) in [6, 6.07) is 0. The second kappa shape index (κ2) is 5.23. The topological polar surface area (TPSA) is 40.1 Å². The molecular weight excluding hydrogens is 216 g/mol. The number of hydrogen-bond donors (Lipinski definition) is 1. The van der Waals surface area contributed by atoms with E-state index in [0.29, 0.717) is 0 Å². The molecule has 2 aliphatic heterocycles. The van der Waals surface area contributed by atoms with Crippen LogP contribution in [0.15, 0.2) is 4.99 Å². The highest BCUT2D eigenvalue weighted by molar-refractivity contribution is 5.81. The van der Waals surface area contributed by atoms with Crippen LogP contribution in [0.1, 0.15) is 13.8 Å². The van der Waals surface area contributed by atoms with Crippen molar-refractivity contribution in [1.29, 1.82) is 0 Å². The first kappa shape index (κ1) is 12.6. The minimum atomic E-state index is -0.0000813. The minimum Gasteiger partial charge on any atom is -0.373 e. The molecule has 98 valence electrons. The highest BCUT2D eigenvalue weighted by Crippen LogP contribution is 2.15. The monoisotopic (exact) mass is 240 g/mol. The van der Waals surface area contributed by atoms with Crippen molar-refractivity contribution in [2.24, 2.45) is 4.99 Å². The molecule has 2 rings (SSSR count). The molecule has 17 heavy (non-hydrogen) atoms. The number of nitrogens with one attached hydrogen (secondary N) is 1. The molecule has 5 heteroatoms. The van der Waals surface area contributed by atoms with Crippen molar-refractivity contribution >= 4 is 5.96 Å². The first-order chi connectivity index (χ1) is 8.07. The average Bonchev–Trinajstić information content (AvgIpc) is 2.63. The van der Waals surface area contributed by atoms with Crippen LogP contribution in [0.4, 0.5) is 0 Å². The lowest BCUT2D eigenvalue weighted by molar-refractivity contribution is -0.0852. The number of hydrogen-bond acceptors (Lipinski definition) is 5. The number of aliphatic imine (C=N–C) groups is 1. The van der Waals surface area contributed by atoms with E-state index in [1.165, 1.54) is 0 Å². The number of morpholine rings is 1. The molecule has 2 heterocycles. The van der Waals surface area contributed by atoms with E-state index in [4.69, 9.17) is 4.74 Å². The summed E-state index contributed by atoms with van der Waals surface area (Å²) in [5.74, 6) is 1.04. The van der Waals surface area contributed by atoms with E-state index < -0.39 is 0 Å². The van der Waals surface area contributed by atoms with Gasteiger partial charge in [0.25, 0.3) is 0 Å². The van der Waals surface area contributed by atoms with Gasteiger partial charge in [0.2, 0.25) is 0 Å². The lowest BCUT2D eigenvalue weighted by atomic mass is 10.1. The van der Waals surface area contributed by atoms with Gasteiger partial charge in [-0.25, -0.2) is 0 Å². The summed E-state index contributed by atoms with van der Waals surface area (Å²) < 4.78 is 5.70. The number of nitrogens with zero attached hydrogens (tertiary/aromatic N) is 3. The minimum absolute atomic E-state index is 0.0000813. The molecule has 0 unspecified atom stereocenters. The average molecular weight is 240 g/mol. The van der Waals surface area contributed by atoms with Crippen molar-refractivity contribution in [3.8, 4) is 0 Å². The predicted molar refractivity (Wildman–Crippen MR) is 69.4 cm³/mol. The zero-order valence-corrected chi connectivity index (χ0v) is 11.2. The Bertz CT molecular complexity index is 290. The molecule has 0 aromatic rings. The Hall–Kier alpha value is -0.810. The van der Waals surface area contributed by atoms with Gasteiger partial charge in [-0.3, -0.25) is 9.89 Å². The van der Waals surface area contributed by atoms with Crippen LogP contribution in [0.5, 0.6) is 0 Å². The number of ether oxygens (including phenoxy) is 1. The van der Waals surface area contributed by atoms with Gasteiger partial charge in [0.15, 0.2) is 5.96 Å². The molecule has 1 saturated heterocycles. The van der Waals surface area contributed by atoms with E-state index in [2.05, 4.69) is 41.0 Å². The third-order valence-electron chi connectivity index (χ3n) is 3.27. The lowest BCUT2D eigenvalue weighted by Gasteiger charge is -2.38. The number of likely N-dealkylation sites (N-methyl/N-ethyl adjacent to an activating group) is 1. The van der Waals surface area contributed by atoms with E-state index in [1.807, 2.05) is 0 Å². The maximum Gasteiger partial charge on any atom is 0.193 e. The third kappa shape index (κ3) is 3.57. The normalized spacial score (nSPS) is 24.9. The Morgan fingerprint density at radius 1 is 1.41 bits per heavy atom. The van der Waals surface area contributed by atoms with E-state index in [9.17, 15) is 0 Å². The van der Waals surface area contributed by atoms with Gasteiger partial charge in [0.1, 0.15) is 0 Å². The molecule has 0 amide bonds. The summed E-state index contributed by atoms with van der Waals surface area (Å²) in [5.41, 5.74) is -0.0000813. The summed E-state index contributed by atoms with van der Waals surface area (Å²) in [4.78, 5) is 9.04. The van der Waals surface area contributed by atoms with Gasteiger partial charge in [-0.1, -0.05) is 0 Å². The Kier molecular flexibility index (Phi) is 3.89. The SMILES string of the molecule is CN1CCN=C1NCCN1CCOC(C)(C)C1. The Balaban J connectivity index is 1.68. The van der Waals surface area contributed by atoms with E-state index in [0.717, 1.165) is 51.8 Å². The van der Waals surface area contributed by atoms with Gasteiger partial charge in [-0.15, -0.1) is 0 Å². The Morgan fingerprint density at radius 3 is 2.88 bits per heavy atom. The summed E-state index contributed by atoms with van der Waals surface area (Å²) in [6.07, 6.45) is 0. The van der Waals surface area contributed by atoms with Crippen LogP contribution in [0, 0.1) is 0 Å². The van der Waals surface area contributed by atoms with Gasteiger partial charge >= 0.3 is 0 Å². The van der Waals surface area contributed by atoms with Gasteiger partial charge in [0, 0.05) is 39.8 Å². The highest BCUT2D eigenvalue weighted by atomic mass is 16.5. The standard InChI is InChI=1S/C12H24N4O/c1-12(2)10-16(8-9-17-12)7-5-14-11-13-4-6-15(11)3/h4-10H2,1-3H3,(H,13,14). The summed E-state index contributed by atoms with van der Waals surface area (Å²) in [7, 11) is 2.08. The van der Waals surface area contributed by atoms with Gasteiger partial charge in [0.05, 0.1) is 18.8 Å². The Morgan fingerprint density at radius 2 is 2.24 bits per heavy atom. The Labute approximate surface area is 104 Å². The van der Waals surface area contributed by atoms with E-state index in [-0.39, 0.29) is 5.60 Å². The molecule has 0 bridgehead atoms. The zero-order chi connectivity index (χ0) is 12.3. The largest absolute Gasteiger partial charge is 0.373 e. The molecular formula is C12H24N4O. The smallest absolute Gasteiger partial charge is 0.193 e. The molecule has 0 aliphatic carbocycles.